The van der Waals surface area contributed by atoms with Gasteiger partial charge in [-0.3, -0.25) is 14.5 Å². The summed E-state index contributed by atoms with van der Waals surface area (Å²) in [7, 11) is 0. The predicted octanol–water partition coefficient (Wildman–Crippen LogP) is 2.94. The highest BCUT2D eigenvalue weighted by molar-refractivity contribution is 5.84. The third-order valence-electron chi connectivity index (χ3n) is 6.87. The number of benzene rings is 1. The third kappa shape index (κ3) is 3.49. The number of carboxylic acid groups (broad SMARTS) is 1. The molecule has 3 heterocycles. The highest BCUT2D eigenvalue weighted by Gasteiger charge is 2.61. The Labute approximate surface area is 161 Å². The summed E-state index contributed by atoms with van der Waals surface area (Å²) in [6, 6.07) is 9.80. The summed E-state index contributed by atoms with van der Waals surface area (Å²) in [6.07, 6.45) is 7.68. The molecule has 0 unspecified atom stereocenters. The van der Waals surface area contributed by atoms with Crippen molar-refractivity contribution < 1.29 is 14.7 Å². The van der Waals surface area contributed by atoms with Crippen LogP contribution >= 0.6 is 0 Å². The molecule has 0 radical (unpaired) electrons. The number of aliphatic carboxylic acids is 1. The molecular weight excluding hydrogens is 340 g/mol. The van der Waals surface area contributed by atoms with Gasteiger partial charge in [0.25, 0.3) is 0 Å². The smallest absolute Gasteiger partial charge is 0.312 e. The van der Waals surface area contributed by atoms with Crippen molar-refractivity contribution in [3.8, 4) is 0 Å². The van der Waals surface area contributed by atoms with Gasteiger partial charge >= 0.3 is 5.97 Å². The fourth-order valence-corrected chi connectivity index (χ4v) is 5.58. The fourth-order valence-electron chi connectivity index (χ4n) is 5.58. The van der Waals surface area contributed by atoms with E-state index in [-0.39, 0.29) is 18.0 Å². The number of hydrogen-bond acceptors (Lipinski definition) is 3. The first kappa shape index (κ1) is 18.5. The topological polar surface area (TPSA) is 60.9 Å². The predicted molar refractivity (Wildman–Crippen MR) is 103 cm³/mol. The molecule has 3 saturated heterocycles. The minimum absolute atomic E-state index is 0.0919. The van der Waals surface area contributed by atoms with E-state index in [2.05, 4.69) is 4.90 Å². The van der Waals surface area contributed by atoms with Gasteiger partial charge in [0.15, 0.2) is 0 Å². The number of hydrogen-bond donors (Lipinski definition) is 1. The zero-order valence-corrected chi connectivity index (χ0v) is 16.0. The van der Waals surface area contributed by atoms with Crippen LogP contribution in [-0.2, 0) is 16.0 Å². The molecule has 27 heavy (non-hydrogen) atoms. The molecule has 3 aliphatic rings. The molecule has 2 bridgehead atoms. The Morgan fingerprint density at radius 1 is 1.04 bits per heavy atom. The van der Waals surface area contributed by atoms with Gasteiger partial charge in [-0.1, -0.05) is 43.2 Å². The Morgan fingerprint density at radius 2 is 1.74 bits per heavy atom. The molecule has 5 nitrogen and oxygen atoms in total. The number of rotatable bonds is 5. The second-order valence-electron chi connectivity index (χ2n) is 8.57. The summed E-state index contributed by atoms with van der Waals surface area (Å²) < 4.78 is 0. The molecule has 4 rings (SSSR count). The third-order valence-corrected chi connectivity index (χ3v) is 6.87. The Balaban J connectivity index is 1.52. The second-order valence-corrected chi connectivity index (χ2v) is 8.57. The molecule has 1 N–H and O–H groups in total. The van der Waals surface area contributed by atoms with E-state index in [1.54, 1.807) is 0 Å². The van der Waals surface area contributed by atoms with Crippen LogP contribution in [0.15, 0.2) is 30.3 Å². The molecule has 5 heteroatoms. The number of carbonyl (C=O) groups excluding carboxylic acids is 1. The molecule has 1 aromatic rings. The van der Waals surface area contributed by atoms with Gasteiger partial charge in [0.2, 0.25) is 5.91 Å². The summed E-state index contributed by atoms with van der Waals surface area (Å²) in [5.74, 6) is -0.605. The van der Waals surface area contributed by atoms with Crippen LogP contribution in [-0.4, -0.2) is 58.5 Å². The first-order valence-corrected chi connectivity index (χ1v) is 10.4. The van der Waals surface area contributed by atoms with Gasteiger partial charge in [-0.05, 0) is 57.2 Å². The maximum absolute atomic E-state index is 13.1. The van der Waals surface area contributed by atoms with Gasteiger partial charge in [0, 0.05) is 12.1 Å². The van der Waals surface area contributed by atoms with Gasteiger partial charge in [-0.25, -0.2) is 0 Å². The molecule has 146 valence electrons. The van der Waals surface area contributed by atoms with Gasteiger partial charge in [0.1, 0.15) is 0 Å². The first-order valence-electron chi connectivity index (χ1n) is 10.4. The first-order chi connectivity index (χ1) is 13.1. The van der Waals surface area contributed by atoms with Crippen molar-refractivity contribution in [1.82, 2.24) is 9.80 Å². The average molecular weight is 370 g/mol. The van der Waals surface area contributed by atoms with Crippen molar-refractivity contribution in [3.05, 3.63) is 35.9 Å². The summed E-state index contributed by atoms with van der Waals surface area (Å²) >= 11 is 0. The number of nitrogens with zero attached hydrogens (tertiary/aromatic N) is 2. The van der Waals surface area contributed by atoms with Crippen LogP contribution in [0, 0.1) is 5.41 Å². The number of carboxylic acids is 1. The van der Waals surface area contributed by atoms with Crippen LogP contribution in [0.1, 0.15) is 50.5 Å². The highest BCUT2D eigenvalue weighted by atomic mass is 16.4. The van der Waals surface area contributed by atoms with Crippen molar-refractivity contribution in [2.45, 2.75) is 63.5 Å². The minimum atomic E-state index is -0.835. The van der Waals surface area contributed by atoms with Gasteiger partial charge < -0.3 is 10.0 Å². The van der Waals surface area contributed by atoms with Crippen molar-refractivity contribution in [3.63, 3.8) is 0 Å². The zero-order valence-electron chi connectivity index (χ0n) is 16.0. The maximum atomic E-state index is 13.1. The Bertz CT molecular complexity index is 684. The van der Waals surface area contributed by atoms with Crippen LogP contribution in [0.5, 0.6) is 0 Å². The van der Waals surface area contributed by atoms with E-state index >= 15 is 0 Å². The van der Waals surface area contributed by atoms with Crippen LogP contribution in [0.25, 0.3) is 0 Å². The number of likely N-dealkylation sites (tertiary alicyclic amines) is 1. The largest absolute Gasteiger partial charge is 0.481 e. The fraction of sp³-hybridized carbons (Fsp3) is 0.636. The van der Waals surface area contributed by atoms with Crippen LogP contribution in [0.2, 0.25) is 0 Å². The molecule has 0 spiro atoms. The van der Waals surface area contributed by atoms with Crippen LogP contribution in [0.4, 0.5) is 0 Å². The van der Waals surface area contributed by atoms with Crippen molar-refractivity contribution in [1.29, 1.82) is 0 Å². The molecule has 0 aliphatic carbocycles. The lowest BCUT2D eigenvalue weighted by atomic mass is 9.70. The second kappa shape index (κ2) is 7.63. The van der Waals surface area contributed by atoms with E-state index in [1.165, 1.54) is 12.8 Å². The molecule has 3 aliphatic heterocycles. The lowest BCUT2D eigenvalue weighted by molar-refractivity contribution is -0.151. The summed E-state index contributed by atoms with van der Waals surface area (Å²) in [5.41, 5.74) is 0.214. The molecular formula is C22H30N2O3. The van der Waals surface area contributed by atoms with Crippen LogP contribution < -0.4 is 0 Å². The Kier molecular flexibility index (Phi) is 5.22. The normalized spacial score (nSPS) is 31.0. The standard InChI is InChI=1S/C22H30N2O3/c25-20(16-23-12-6-1-2-7-13-23)24-18-10-11-19(24)22(15-18,21(26)27)14-17-8-4-3-5-9-17/h3-5,8-9,18-19H,1-2,6-7,10-16H2,(H,26,27)/t18-,19+,22+/m0/s1. The summed E-state index contributed by atoms with van der Waals surface area (Å²) in [4.78, 5) is 29.7. The summed E-state index contributed by atoms with van der Waals surface area (Å²) in [6.45, 7) is 2.43. The van der Waals surface area contributed by atoms with Gasteiger partial charge in [0.05, 0.1) is 12.0 Å². The lowest BCUT2D eigenvalue weighted by Gasteiger charge is -2.34. The van der Waals surface area contributed by atoms with Gasteiger partial charge in [-0.15, -0.1) is 0 Å². The SMILES string of the molecule is O=C(CN1CCCCCC1)N1[C@H]2CC[C@@H]1[C@](Cc1ccccc1)(C(=O)O)C2. The van der Waals surface area contributed by atoms with Gasteiger partial charge in [-0.2, -0.15) is 0 Å². The van der Waals surface area contributed by atoms with Crippen LogP contribution in [0.3, 0.4) is 0 Å². The maximum Gasteiger partial charge on any atom is 0.312 e. The molecule has 3 fully saturated rings. The van der Waals surface area contributed by atoms with E-state index in [4.69, 9.17) is 0 Å². The molecule has 0 saturated carbocycles. The highest BCUT2D eigenvalue weighted by Crippen LogP contribution is 2.51. The number of fused-ring (bicyclic) bond motifs is 2. The molecule has 1 aromatic carbocycles. The number of carbonyl (C=O) groups is 2. The Hall–Kier alpha value is -1.88. The van der Waals surface area contributed by atoms with E-state index < -0.39 is 11.4 Å². The van der Waals surface area contributed by atoms with Crippen molar-refractivity contribution in [2.75, 3.05) is 19.6 Å². The molecule has 3 atom stereocenters. The monoisotopic (exact) mass is 370 g/mol. The average Bonchev–Trinajstić information content (AvgIpc) is 3.10. The number of amides is 1. The van der Waals surface area contributed by atoms with Crippen molar-refractivity contribution in [2.24, 2.45) is 5.41 Å². The zero-order chi connectivity index (χ0) is 18.9. The Morgan fingerprint density at radius 3 is 2.41 bits per heavy atom. The summed E-state index contributed by atoms with van der Waals surface area (Å²) in [5, 5.41) is 10.2. The quantitative estimate of drug-likeness (QED) is 0.866. The lowest BCUT2D eigenvalue weighted by Crippen LogP contribution is -2.48. The van der Waals surface area contributed by atoms with E-state index in [0.717, 1.165) is 44.3 Å². The molecule has 1 amide bonds. The van der Waals surface area contributed by atoms with E-state index in [9.17, 15) is 14.7 Å². The van der Waals surface area contributed by atoms with E-state index in [0.29, 0.717) is 19.4 Å². The van der Waals surface area contributed by atoms with E-state index in [1.807, 2.05) is 35.2 Å². The van der Waals surface area contributed by atoms with Crippen molar-refractivity contribution >= 4 is 11.9 Å². The molecule has 0 aromatic heterocycles. The minimum Gasteiger partial charge on any atom is -0.481 e.